The fourth-order valence-electron chi connectivity index (χ4n) is 2.01. The van der Waals surface area contributed by atoms with Crippen LogP contribution in [-0.4, -0.2) is 31.1 Å². The van der Waals surface area contributed by atoms with Crippen molar-refractivity contribution in [2.45, 2.75) is 25.4 Å². The van der Waals surface area contributed by atoms with Crippen molar-refractivity contribution in [1.29, 1.82) is 0 Å². The Morgan fingerprint density at radius 2 is 2.57 bits per heavy atom. The number of hydrogen-bond donors (Lipinski definition) is 1. The average Bonchev–Trinajstić information content (AvgIpc) is 2.78. The Balaban J connectivity index is 1.68. The lowest BCUT2D eigenvalue weighted by Crippen LogP contribution is -2.35. The molecule has 0 saturated carbocycles. The van der Waals surface area contributed by atoms with E-state index >= 15 is 0 Å². The van der Waals surface area contributed by atoms with E-state index in [0.29, 0.717) is 0 Å². The molecule has 3 nitrogen and oxygen atoms in total. The molecule has 1 aliphatic heterocycles. The zero-order valence-corrected chi connectivity index (χ0v) is 8.70. The van der Waals surface area contributed by atoms with Crippen LogP contribution >= 0.6 is 0 Å². The van der Waals surface area contributed by atoms with Crippen LogP contribution in [0, 0.1) is 0 Å². The molecule has 3 heteroatoms. The number of hydrogen-bond acceptors (Lipinski definition) is 3. The van der Waals surface area contributed by atoms with Gasteiger partial charge in [-0.25, -0.2) is 0 Å². The Labute approximate surface area is 85.1 Å². The molecule has 2 rings (SSSR count). The summed E-state index contributed by atoms with van der Waals surface area (Å²) in [5, 5.41) is 3.46. The van der Waals surface area contributed by atoms with Crippen LogP contribution in [0.4, 0.5) is 0 Å². The Kier molecular flexibility index (Phi) is 3.22. The number of furan rings is 1. The fraction of sp³-hybridized carbons (Fsp3) is 0.636. The first-order valence-electron chi connectivity index (χ1n) is 5.28. The Morgan fingerprint density at radius 1 is 1.64 bits per heavy atom. The Bertz CT molecular complexity index is 258. The molecule has 1 unspecified atom stereocenters. The molecular formula is C11H18N2O. The lowest BCUT2D eigenvalue weighted by Gasteiger charge is -2.19. The smallest absolute Gasteiger partial charge is 0.0947 e. The maximum Gasteiger partial charge on any atom is 0.0947 e. The molecule has 0 spiro atoms. The van der Waals surface area contributed by atoms with Crippen molar-refractivity contribution in [3.8, 4) is 0 Å². The van der Waals surface area contributed by atoms with Crippen LogP contribution in [0.5, 0.6) is 0 Å². The van der Waals surface area contributed by atoms with Crippen molar-refractivity contribution >= 4 is 0 Å². The van der Waals surface area contributed by atoms with E-state index in [4.69, 9.17) is 4.42 Å². The van der Waals surface area contributed by atoms with E-state index in [2.05, 4.69) is 17.3 Å². The minimum absolute atomic E-state index is 0.724. The number of likely N-dealkylation sites (tertiary alicyclic amines) is 1. The van der Waals surface area contributed by atoms with Crippen molar-refractivity contribution in [3.05, 3.63) is 24.2 Å². The molecule has 0 aromatic carbocycles. The van der Waals surface area contributed by atoms with Gasteiger partial charge in [0.25, 0.3) is 0 Å². The second kappa shape index (κ2) is 4.62. The van der Waals surface area contributed by atoms with Gasteiger partial charge in [0.15, 0.2) is 0 Å². The van der Waals surface area contributed by atoms with Gasteiger partial charge in [0.05, 0.1) is 12.5 Å². The number of rotatable bonds is 4. The van der Waals surface area contributed by atoms with Gasteiger partial charge in [0.2, 0.25) is 0 Å². The van der Waals surface area contributed by atoms with E-state index in [1.54, 1.807) is 12.5 Å². The van der Waals surface area contributed by atoms with Gasteiger partial charge in [0, 0.05) is 24.7 Å². The molecule has 1 aliphatic rings. The van der Waals surface area contributed by atoms with Crippen molar-refractivity contribution in [1.82, 2.24) is 10.2 Å². The third-order valence-electron chi connectivity index (χ3n) is 2.96. The molecule has 14 heavy (non-hydrogen) atoms. The predicted molar refractivity (Wildman–Crippen MR) is 56.1 cm³/mol. The predicted octanol–water partition coefficient (Wildman–Crippen LogP) is 1.46. The molecule has 1 aromatic rings. The number of nitrogens with one attached hydrogen (secondary N) is 1. The van der Waals surface area contributed by atoms with E-state index in [9.17, 15) is 0 Å². The first kappa shape index (κ1) is 9.74. The van der Waals surface area contributed by atoms with Crippen molar-refractivity contribution in [2.75, 3.05) is 20.1 Å². The van der Waals surface area contributed by atoms with E-state index in [-0.39, 0.29) is 0 Å². The normalized spacial score (nSPS) is 23.1. The van der Waals surface area contributed by atoms with Crippen molar-refractivity contribution in [2.24, 2.45) is 0 Å². The van der Waals surface area contributed by atoms with E-state index < -0.39 is 0 Å². The van der Waals surface area contributed by atoms with Gasteiger partial charge >= 0.3 is 0 Å². The highest BCUT2D eigenvalue weighted by molar-refractivity contribution is 5.04. The van der Waals surface area contributed by atoms with Gasteiger partial charge in [-0.05, 0) is 32.5 Å². The molecule has 1 saturated heterocycles. The molecular weight excluding hydrogens is 176 g/mol. The average molecular weight is 194 g/mol. The molecule has 1 atom stereocenters. The topological polar surface area (TPSA) is 28.4 Å². The second-order valence-electron chi connectivity index (χ2n) is 4.04. The van der Waals surface area contributed by atoms with Gasteiger partial charge < -0.3 is 14.6 Å². The van der Waals surface area contributed by atoms with Gasteiger partial charge in [-0.3, -0.25) is 0 Å². The molecule has 1 N–H and O–H groups in total. The standard InChI is InChI=1S/C11H18N2O/c1-13-5-2-3-11(13)8-12-7-10-4-6-14-9-10/h4,6,9,11-12H,2-3,5,7-8H2,1H3. The van der Waals surface area contributed by atoms with E-state index in [0.717, 1.165) is 19.1 Å². The summed E-state index contributed by atoms with van der Waals surface area (Å²) in [6, 6.07) is 2.73. The summed E-state index contributed by atoms with van der Waals surface area (Å²) < 4.78 is 5.01. The van der Waals surface area contributed by atoms with Crippen LogP contribution in [0.3, 0.4) is 0 Å². The van der Waals surface area contributed by atoms with Gasteiger partial charge in [-0.15, -0.1) is 0 Å². The van der Waals surface area contributed by atoms with Crippen LogP contribution in [0.1, 0.15) is 18.4 Å². The molecule has 0 amide bonds. The highest BCUT2D eigenvalue weighted by Gasteiger charge is 2.19. The summed E-state index contributed by atoms with van der Waals surface area (Å²) in [5.41, 5.74) is 1.23. The van der Waals surface area contributed by atoms with Crippen LogP contribution in [-0.2, 0) is 6.54 Å². The molecule has 1 aromatic heterocycles. The third kappa shape index (κ3) is 2.36. The summed E-state index contributed by atoms with van der Waals surface area (Å²) >= 11 is 0. The SMILES string of the molecule is CN1CCCC1CNCc1ccoc1. The van der Waals surface area contributed by atoms with Crippen LogP contribution in [0.15, 0.2) is 23.0 Å². The maximum absolute atomic E-state index is 5.01. The summed E-state index contributed by atoms with van der Waals surface area (Å²) in [7, 11) is 2.21. The Hall–Kier alpha value is -0.800. The van der Waals surface area contributed by atoms with Gasteiger partial charge in [-0.2, -0.15) is 0 Å². The minimum Gasteiger partial charge on any atom is -0.472 e. The van der Waals surface area contributed by atoms with Crippen molar-refractivity contribution < 1.29 is 4.42 Å². The first-order valence-corrected chi connectivity index (χ1v) is 5.28. The van der Waals surface area contributed by atoms with Crippen LogP contribution in [0.25, 0.3) is 0 Å². The van der Waals surface area contributed by atoms with Crippen molar-refractivity contribution in [3.63, 3.8) is 0 Å². The van der Waals surface area contributed by atoms with E-state index in [1.165, 1.54) is 24.9 Å². The number of nitrogens with zero attached hydrogens (tertiary/aromatic N) is 1. The zero-order chi connectivity index (χ0) is 9.80. The summed E-state index contributed by atoms with van der Waals surface area (Å²) in [4.78, 5) is 2.43. The highest BCUT2D eigenvalue weighted by atomic mass is 16.3. The maximum atomic E-state index is 5.01. The highest BCUT2D eigenvalue weighted by Crippen LogP contribution is 2.13. The van der Waals surface area contributed by atoms with Gasteiger partial charge in [0.1, 0.15) is 0 Å². The second-order valence-corrected chi connectivity index (χ2v) is 4.04. The lowest BCUT2D eigenvalue weighted by molar-refractivity contribution is 0.300. The molecule has 0 aliphatic carbocycles. The van der Waals surface area contributed by atoms with Gasteiger partial charge in [-0.1, -0.05) is 0 Å². The minimum atomic E-state index is 0.724. The van der Waals surface area contributed by atoms with Crippen LogP contribution < -0.4 is 5.32 Å². The molecule has 0 radical (unpaired) electrons. The quantitative estimate of drug-likeness (QED) is 0.786. The monoisotopic (exact) mass is 194 g/mol. The lowest BCUT2D eigenvalue weighted by atomic mass is 10.2. The molecule has 1 fully saturated rings. The first-order chi connectivity index (χ1) is 6.86. The summed E-state index contributed by atoms with van der Waals surface area (Å²) in [5.74, 6) is 0. The molecule has 2 heterocycles. The zero-order valence-electron chi connectivity index (χ0n) is 8.70. The molecule has 0 bridgehead atoms. The largest absolute Gasteiger partial charge is 0.472 e. The third-order valence-corrected chi connectivity index (χ3v) is 2.96. The van der Waals surface area contributed by atoms with E-state index in [1.807, 2.05) is 6.07 Å². The summed E-state index contributed by atoms with van der Waals surface area (Å²) in [6.07, 6.45) is 6.19. The Morgan fingerprint density at radius 3 is 3.21 bits per heavy atom. The summed E-state index contributed by atoms with van der Waals surface area (Å²) in [6.45, 7) is 3.25. The molecule has 78 valence electrons. The fourth-order valence-corrected chi connectivity index (χ4v) is 2.01. The number of likely N-dealkylation sites (N-methyl/N-ethyl adjacent to an activating group) is 1. The van der Waals surface area contributed by atoms with Crippen LogP contribution in [0.2, 0.25) is 0 Å².